The monoisotopic (exact) mass is 384 g/mol. The molecule has 1 atom stereocenters. The second kappa shape index (κ2) is 8.65. The second-order valence-electron chi connectivity index (χ2n) is 6.68. The summed E-state index contributed by atoms with van der Waals surface area (Å²) in [5.74, 6) is 0.916. The van der Waals surface area contributed by atoms with Crippen molar-refractivity contribution in [1.82, 2.24) is 20.2 Å². The van der Waals surface area contributed by atoms with Gasteiger partial charge in [-0.2, -0.15) is 0 Å². The summed E-state index contributed by atoms with van der Waals surface area (Å²) in [7, 11) is 0. The Balaban J connectivity index is 1.32. The number of nitrogens with one attached hydrogen (secondary N) is 2. The molecular weight excluding hydrogens is 360 g/mol. The molecule has 4 rings (SSSR count). The van der Waals surface area contributed by atoms with Crippen LogP contribution in [0.2, 0.25) is 0 Å². The molecule has 0 aliphatic carbocycles. The number of thiophene rings is 1. The molecule has 3 aromatic rings. The molecule has 27 heavy (non-hydrogen) atoms. The molecule has 6 nitrogen and oxygen atoms in total. The lowest BCUT2D eigenvalue weighted by Gasteiger charge is -2.34. The third-order valence-electron chi connectivity index (χ3n) is 4.88. The van der Waals surface area contributed by atoms with Crippen molar-refractivity contribution in [3.8, 4) is 0 Å². The van der Waals surface area contributed by atoms with Crippen LogP contribution in [-0.2, 0) is 16.0 Å². The SMILES string of the molecule is O=C(CCc1nc2ccccc2[nH]1)NC[C@H](c1cccs1)N1CCOCC1. The van der Waals surface area contributed by atoms with Crippen LogP contribution in [0, 0.1) is 0 Å². The van der Waals surface area contributed by atoms with E-state index in [9.17, 15) is 4.79 Å². The molecule has 2 N–H and O–H groups in total. The van der Waals surface area contributed by atoms with Crippen LogP contribution in [0.15, 0.2) is 41.8 Å². The number of para-hydroxylation sites is 2. The first-order chi connectivity index (χ1) is 13.3. The summed E-state index contributed by atoms with van der Waals surface area (Å²) >= 11 is 1.74. The van der Waals surface area contributed by atoms with E-state index in [0.717, 1.165) is 43.2 Å². The number of aryl methyl sites for hydroxylation is 1. The number of carbonyl (C=O) groups is 1. The quantitative estimate of drug-likeness (QED) is 0.657. The van der Waals surface area contributed by atoms with Crippen molar-refractivity contribution >= 4 is 28.3 Å². The van der Waals surface area contributed by atoms with Gasteiger partial charge in [0.2, 0.25) is 5.91 Å². The van der Waals surface area contributed by atoms with Crippen LogP contribution in [0.3, 0.4) is 0 Å². The van der Waals surface area contributed by atoms with Crippen molar-refractivity contribution in [2.75, 3.05) is 32.8 Å². The van der Waals surface area contributed by atoms with Gasteiger partial charge in [0.25, 0.3) is 0 Å². The van der Waals surface area contributed by atoms with Gasteiger partial charge in [-0.25, -0.2) is 4.98 Å². The first kappa shape index (κ1) is 18.2. The minimum atomic E-state index is 0.0604. The highest BCUT2D eigenvalue weighted by Crippen LogP contribution is 2.25. The van der Waals surface area contributed by atoms with Gasteiger partial charge < -0.3 is 15.0 Å². The highest BCUT2D eigenvalue weighted by Gasteiger charge is 2.23. The Morgan fingerprint density at radius 3 is 2.89 bits per heavy atom. The predicted molar refractivity (Wildman–Crippen MR) is 107 cm³/mol. The Bertz CT molecular complexity index is 838. The van der Waals surface area contributed by atoms with E-state index in [0.29, 0.717) is 19.4 Å². The number of H-pyrrole nitrogens is 1. The van der Waals surface area contributed by atoms with Crippen LogP contribution < -0.4 is 5.32 Å². The minimum Gasteiger partial charge on any atom is -0.379 e. The summed E-state index contributed by atoms with van der Waals surface area (Å²) in [5.41, 5.74) is 1.95. The average molecular weight is 385 g/mol. The number of aromatic amines is 1. The van der Waals surface area contributed by atoms with E-state index in [1.54, 1.807) is 11.3 Å². The molecule has 142 valence electrons. The molecular formula is C20H24N4O2S. The van der Waals surface area contributed by atoms with Gasteiger partial charge in [0.1, 0.15) is 5.82 Å². The van der Waals surface area contributed by atoms with Crippen molar-refractivity contribution in [2.45, 2.75) is 18.9 Å². The van der Waals surface area contributed by atoms with Crippen molar-refractivity contribution < 1.29 is 9.53 Å². The zero-order valence-electron chi connectivity index (χ0n) is 15.2. The largest absolute Gasteiger partial charge is 0.379 e. The molecule has 1 aliphatic rings. The molecule has 2 aromatic heterocycles. The Morgan fingerprint density at radius 1 is 1.26 bits per heavy atom. The van der Waals surface area contributed by atoms with E-state index in [1.807, 2.05) is 24.3 Å². The highest BCUT2D eigenvalue weighted by molar-refractivity contribution is 7.10. The molecule has 0 radical (unpaired) electrons. The predicted octanol–water partition coefficient (Wildman–Crippen LogP) is 2.75. The maximum atomic E-state index is 12.4. The summed E-state index contributed by atoms with van der Waals surface area (Å²) in [4.78, 5) is 23.9. The number of fused-ring (bicyclic) bond motifs is 1. The van der Waals surface area contributed by atoms with Crippen LogP contribution in [0.1, 0.15) is 23.2 Å². The van der Waals surface area contributed by atoms with Crippen LogP contribution in [0.5, 0.6) is 0 Å². The third kappa shape index (κ3) is 4.55. The first-order valence-corrected chi connectivity index (χ1v) is 10.2. The number of nitrogens with zero attached hydrogens (tertiary/aromatic N) is 2. The Morgan fingerprint density at radius 2 is 2.11 bits per heavy atom. The Labute approximate surface area is 162 Å². The fourth-order valence-electron chi connectivity index (χ4n) is 3.43. The number of hydrogen-bond acceptors (Lipinski definition) is 5. The molecule has 1 aliphatic heterocycles. The molecule has 3 heterocycles. The summed E-state index contributed by atoms with van der Waals surface area (Å²) in [6.45, 7) is 3.93. The molecule has 1 amide bonds. The molecule has 0 spiro atoms. The van der Waals surface area contributed by atoms with Crippen molar-refractivity contribution in [1.29, 1.82) is 0 Å². The summed E-state index contributed by atoms with van der Waals surface area (Å²) < 4.78 is 5.47. The van der Waals surface area contributed by atoms with Gasteiger partial charge in [-0.05, 0) is 23.6 Å². The van der Waals surface area contributed by atoms with Crippen molar-refractivity contribution in [3.05, 3.63) is 52.5 Å². The van der Waals surface area contributed by atoms with Gasteiger partial charge in [-0.15, -0.1) is 11.3 Å². The lowest BCUT2D eigenvalue weighted by molar-refractivity contribution is -0.121. The van der Waals surface area contributed by atoms with Crippen LogP contribution in [0.4, 0.5) is 0 Å². The Kier molecular flexibility index (Phi) is 5.81. The van der Waals surface area contributed by atoms with Gasteiger partial charge in [-0.1, -0.05) is 18.2 Å². The molecule has 1 fully saturated rings. The van der Waals surface area contributed by atoms with Gasteiger partial charge in [-0.3, -0.25) is 9.69 Å². The lowest BCUT2D eigenvalue weighted by atomic mass is 10.2. The number of benzene rings is 1. The fraction of sp³-hybridized carbons (Fsp3) is 0.400. The van der Waals surface area contributed by atoms with Gasteiger partial charge in [0, 0.05) is 37.4 Å². The average Bonchev–Trinajstić information content (AvgIpc) is 3.37. The van der Waals surface area contributed by atoms with E-state index >= 15 is 0 Å². The summed E-state index contributed by atoms with van der Waals surface area (Å²) in [6.07, 6.45) is 1.04. The normalized spacial score (nSPS) is 16.4. The third-order valence-corrected chi connectivity index (χ3v) is 5.85. The molecule has 1 saturated heterocycles. The van der Waals surface area contributed by atoms with Gasteiger partial charge >= 0.3 is 0 Å². The van der Waals surface area contributed by atoms with E-state index in [1.165, 1.54) is 4.88 Å². The number of carbonyl (C=O) groups excluding carboxylic acids is 1. The minimum absolute atomic E-state index is 0.0604. The molecule has 1 aromatic carbocycles. The maximum Gasteiger partial charge on any atom is 0.220 e. The topological polar surface area (TPSA) is 70.2 Å². The van der Waals surface area contributed by atoms with E-state index < -0.39 is 0 Å². The highest BCUT2D eigenvalue weighted by atomic mass is 32.1. The second-order valence-corrected chi connectivity index (χ2v) is 7.66. The fourth-order valence-corrected chi connectivity index (χ4v) is 4.30. The smallest absolute Gasteiger partial charge is 0.220 e. The van der Waals surface area contributed by atoms with Crippen molar-refractivity contribution in [2.24, 2.45) is 0 Å². The van der Waals surface area contributed by atoms with Crippen LogP contribution >= 0.6 is 11.3 Å². The number of aromatic nitrogens is 2. The van der Waals surface area contributed by atoms with E-state index in [2.05, 4.69) is 37.7 Å². The molecule has 0 unspecified atom stereocenters. The standard InChI is InChI=1S/C20H24N4O2S/c25-20(8-7-19-22-15-4-1-2-5-16(15)23-19)21-14-17(18-6-3-13-27-18)24-9-11-26-12-10-24/h1-6,13,17H,7-12,14H2,(H,21,25)(H,22,23)/t17-/m1/s1. The van der Waals surface area contributed by atoms with Crippen LogP contribution in [0.25, 0.3) is 11.0 Å². The van der Waals surface area contributed by atoms with E-state index in [-0.39, 0.29) is 11.9 Å². The number of morpholine rings is 1. The number of amides is 1. The Hall–Kier alpha value is -2.22. The van der Waals surface area contributed by atoms with Gasteiger partial charge in [0.05, 0.1) is 30.3 Å². The maximum absolute atomic E-state index is 12.4. The first-order valence-electron chi connectivity index (χ1n) is 9.35. The number of rotatable bonds is 7. The van der Waals surface area contributed by atoms with Gasteiger partial charge in [0.15, 0.2) is 0 Å². The summed E-state index contributed by atoms with van der Waals surface area (Å²) in [5, 5.41) is 5.21. The number of imidazole rings is 1. The summed E-state index contributed by atoms with van der Waals surface area (Å²) in [6, 6.07) is 12.3. The van der Waals surface area contributed by atoms with E-state index in [4.69, 9.17) is 4.74 Å². The number of ether oxygens (including phenoxy) is 1. The molecule has 7 heteroatoms. The lowest BCUT2D eigenvalue weighted by Crippen LogP contribution is -2.43. The van der Waals surface area contributed by atoms with Crippen molar-refractivity contribution in [3.63, 3.8) is 0 Å². The molecule has 0 bridgehead atoms. The van der Waals surface area contributed by atoms with Crippen LogP contribution in [-0.4, -0.2) is 53.6 Å². The molecule has 0 saturated carbocycles. The number of hydrogen-bond donors (Lipinski definition) is 2. The zero-order chi connectivity index (χ0) is 18.5. The zero-order valence-corrected chi connectivity index (χ0v) is 16.0.